The van der Waals surface area contributed by atoms with Crippen LogP contribution in [0.15, 0.2) is 13.8 Å². The van der Waals surface area contributed by atoms with Gasteiger partial charge in [-0.25, -0.2) is 0 Å². The van der Waals surface area contributed by atoms with Gasteiger partial charge in [-0.1, -0.05) is 0 Å². The monoisotopic (exact) mass is 265 g/mol. The average molecular weight is 267 g/mol. The average Bonchev–Trinajstić information content (AvgIpc) is 2.39. The highest BCUT2D eigenvalue weighted by molar-refractivity contribution is 9.11. The summed E-state index contributed by atoms with van der Waals surface area (Å²) < 4.78 is 6.97. The van der Waals surface area contributed by atoms with Crippen molar-refractivity contribution in [1.29, 1.82) is 0 Å². The Labute approximate surface area is 75.2 Å². The van der Waals surface area contributed by atoms with Crippen molar-refractivity contribution in [3.63, 3.8) is 0 Å². The number of rotatable bonds is 0. The van der Waals surface area contributed by atoms with E-state index in [0.29, 0.717) is 0 Å². The van der Waals surface area contributed by atoms with E-state index in [4.69, 9.17) is 4.42 Å². The second-order valence-corrected chi connectivity index (χ2v) is 3.65. The van der Waals surface area contributed by atoms with Gasteiger partial charge in [0.1, 0.15) is 0 Å². The lowest BCUT2D eigenvalue weighted by atomic mass is 10.2. The summed E-state index contributed by atoms with van der Waals surface area (Å²) in [7, 11) is 0. The second kappa shape index (κ2) is 2.36. The fraction of sp³-hybridized carbons (Fsp3) is 0.333. The Hall–Kier alpha value is 0.200. The van der Waals surface area contributed by atoms with E-state index in [1.165, 1.54) is 11.1 Å². The molecule has 1 aromatic heterocycles. The van der Waals surface area contributed by atoms with Crippen molar-refractivity contribution in [2.24, 2.45) is 0 Å². The van der Waals surface area contributed by atoms with Gasteiger partial charge >= 0.3 is 0 Å². The van der Waals surface area contributed by atoms with E-state index in [0.717, 1.165) is 22.4 Å². The molecule has 0 aliphatic carbocycles. The zero-order chi connectivity index (χ0) is 7.14. The van der Waals surface area contributed by atoms with Crippen LogP contribution >= 0.6 is 31.9 Å². The van der Waals surface area contributed by atoms with Crippen molar-refractivity contribution < 1.29 is 4.42 Å². The summed E-state index contributed by atoms with van der Waals surface area (Å²) in [5.74, 6) is 0. The van der Waals surface area contributed by atoms with Gasteiger partial charge in [0, 0.05) is 24.2 Å². The van der Waals surface area contributed by atoms with Crippen LogP contribution in [0.3, 0.4) is 0 Å². The van der Waals surface area contributed by atoms with Crippen LogP contribution in [0.1, 0.15) is 11.1 Å². The molecule has 0 unspecified atom stereocenters. The van der Waals surface area contributed by atoms with Crippen LogP contribution < -0.4 is 5.32 Å². The summed E-state index contributed by atoms with van der Waals surface area (Å²) in [5.41, 5.74) is 2.48. The molecule has 0 spiro atoms. The molecule has 0 amide bonds. The van der Waals surface area contributed by atoms with E-state index in [1.54, 1.807) is 0 Å². The fourth-order valence-corrected chi connectivity index (χ4v) is 2.40. The van der Waals surface area contributed by atoms with Crippen LogP contribution in [-0.4, -0.2) is 0 Å². The summed E-state index contributed by atoms with van der Waals surface area (Å²) in [4.78, 5) is 0. The molecule has 1 aromatic rings. The summed E-state index contributed by atoms with van der Waals surface area (Å²) in [6.07, 6.45) is 0. The maximum Gasteiger partial charge on any atom is 0.175 e. The first-order valence-corrected chi connectivity index (χ1v) is 4.54. The van der Waals surface area contributed by atoms with Gasteiger partial charge in [0.05, 0.1) is 0 Å². The van der Waals surface area contributed by atoms with Crippen molar-refractivity contribution in [2.75, 3.05) is 0 Å². The third-order valence-corrected chi connectivity index (χ3v) is 2.90. The predicted molar refractivity (Wildman–Crippen MR) is 44.7 cm³/mol. The van der Waals surface area contributed by atoms with Crippen molar-refractivity contribution in [1.82, 2.24) is 5.32 Å². The molecule has 1 N–H and O–H groups in total. The van der Waals surface area contributed by atoms with Gasteiger partial charge in [0.2, 0.25) is 0 Å². The van der Waals surface area contributed by atoms with E-state index in [-0.39, 0.29) is 0 Å². The van der Waals surface area contributed by atoms with Gasteiger partial charge in [-0.05, 0) is 31.9 Å². The largest absolute Gasteiger partial charge is 0.442 e. The summed E-state index contributed by atoms with van der Waals surface area (Å²) in [6.45, 7) is 1.82. The molecular weight excluding hydrogens is 262 g/mol. The molecule has 2 rings (SSSR count). The van der Waals surface area contributed by atoms with Crippen LogP contribution in [0.25, 0.3) is 0 Å². The minimum absolute atomic E-state index is 0.847. The van der Waals surface area contributed by atoms with E-state index in [2.05, 4.69) is 37.2 Å². The van der Waals surface area contributed by atoms with Gasteiger partial charge in [-0.15, -0.1) is 0 Å². The van der Waals surface area contributed by atoms with Crippen LogP contribution in [0.5, 0.6) is 0 Å². The van der Waals surface area contributed by atoms with Crippen LogP contribution in [0, 0.1) is 0 Å². The van der Waals surface area contributed by atoms with Gasteiger partial charge in [0.25, 0.3) is 0 Å². The highest BCUT2D eigenvalue weighted by Gasteiger charge is 2.20. The van der Waals surface area contributed by atoms with E-state index >= 15 is 0 Å². The SMILES string of the molecule is Brc1oc(Br)c2c1CNC2. The molecule has 0 saturated carbocycles. The molecule has 2 nitrogen and oxygen atoms in total. The second-order valence-electron chi connectivity index (χ2n) is 2.21. The normalized spacial score (nSPS) is 15.8. The summed E-state index contributed by atoms with van der Waals surface area (Å²) >= 11 is 6.66. The van der Waals surface area contributed by atoms with Crippen molar-refractivity contribution in [2.45, 2.75) is 13.1 Å². The summed E-state index contributed by atoms with van der Waals surface area (Å²) in [5, 5.41) is 3.23. The van der Waals surface area contributed by atoms with Gasteiger partial charge in [-0.2, -0.15) is 0 Å². The first kappa shape index (κ1) is 6.88. The highest BCUT2D eigenvalue weighted by Crippen LogP contribution is 2.33. The molecule has 0 atom stereocenters. The number of furan rings is 1. The molecule has 0 bridgehead atoms. The van der Waals surface area contributed by atoms with Crippen molar-refractivity contribution in [3.05, 3.63) is 20.5 Å². The summed E-state index contributed by atoms with van der Waals surface area (Å²) in [6, 6.07) is 0. The number of hydrogen-bond donors (Lipinski definition) is 1. The minimum atomic E-state index is 0.847. The Kier molecular flexibility index (Phi) is 1.62. The zero-order valence-corrected chi connectivity index (χ0v) is 8.25. The van der Waals surface area contributed by atoms with Gasteiger partial charge < -0.3 is 9.73 Å². The number of fused-ring (bicyclic) bond motifs is 1. The molecule has 0 aromatic carbocycles. The Balaban J connectivity index is 2.61. The molecule has 1 aliphatic rings. The third-order valence-electron chi connectivity index (χ3n) is 1.62. The van der Waals surface area contributed by atoms with Crippen molar-refractivity contribution in [3.8, 4) is 0 Å². The van der Waals surface area contributed by atoms with Gasteiger partial charge in [0.15, 0.2) is 9.34 Å². The molecule has 54 valence electrons. The molecule has 0 radical (unpaired) electrons. The minimum Gasteiger partial charge on any atom is -0.442 e. The lowest BCUT2D eigenvalue weighted by Crippen LogP contribution is -2.01. The number of halogens is 2. The fourth-order valence-electron chi connectivity index (χ4n) is 1.10. The molecule has 10 heavy (non-hydrogen) atoms. The Bertz CT molecular complexity index is 244. The smallest absolute Gasteiger partial charge is 0.175 e. The molecule has 4 heteroatoms. The van der Waals surface area contributed by atoms with Gasteiger partial charge in [-0.3, -0.25) is 0 Å². The Morgan fingerprint density at radius 2 is 1.60 bits per heavy atom. The molecule has 1 aliphatic heterocycles. The highest BCUT2D eigenvalue weighted by atomic mass is 79.9. The first-order valence-electron chi connectivity index (χ1n) is 2.95. The van der Waals surface area contributed by atoms with Crippen LogP contribution in [-0.2, 0) is 13.1 Å². The quantitative estimate of drug-likeness (QED) is 0.780. The molecule has 0 fully saturated rings. The topological polar surface area (TPSA) is 25.2 Å². The zero-order valence-electron chi connectivity index (χ0n) is 5.08. The lowest BCUT2D eigenvalue weighted by molar-refractivity contribution is 0.501. The van der Waals surface area contributed by atoms with Crippen molar-refractivity contribution >= 4 is 31.9 Å². The van der Waals surface area contributed by atoms with Crippen LogP contribution in [0.2, 0.25) is 0 Å². The molecule has 2 heterocycles. The number of hydrogen-bond acceptors (Lipinski definition) is 2. The Morgan fingerprint density at radius 1 is 1.10 bits per heavy atom. The molecule has 0 saturated heterocycles. The molecular formula is C6H5Br2NO. The predicted octanol–water partition coefficient (Wildman–Crippen LogP) is 2.41. The maximum absolute atomic E-state index is 5.28. The first-order chi connectivity index (χ1) is 4.79. The lowest BCUT2D eigenvalue weighted by Gasteiger charge is -1.88. The van der Waals surface area contributed by atoms with Crippen LogP contribution in [0.4, 0.5) is 0 Å². The number of nitrogens with one attached hydrogen (secondary N) is 1. The van der Waals surface area contributed by atoms with E-state index in [1.807, 2.05) is 0 Å². The standard InChI is InChI=1S/C6H5Br2NO/c7-5-3-1-9-2-4(3)6(8)10-5/h9H,1-2H2. The third kappa shape index (κ3) is 0.863. The van der Waals surface area contributed by atoms with E-state index in [9.17, 15) is 0 Å². The maximum atomic E-state index is 5.28. The van der Waals surface area contributed by atoms with E-state index < -0.39 is 0 Å². The Morgan fingerprint density at radius 3 is 2.10 bits per heavy atom.